The van der Waals surface area contributed by atoms with E-state index in [1.807, 2.05) is 44.4 Å². The number of rotatable bonds is 8. The Kier molecular flexibility index (Phi) is 8.08. The van der Waals surface area contributed by atoms with Gasteiger partial charge in [-0.3, -0.25) is 14.9 Å². The molecule has 0 atom stereocenters. The summed E-state index contributed by atoms with van der Waals surface area (Å²) in [5, 5.41) is 2.27. The van der Waals surface area contributed by atoms with Crippen LogP contribution in [0.2, 0.25) is 0 Å². The van der Waals surface area contributed by atoms with E-state index in [0.717, 1.165) is 27.5 Å². The number of ether oxygens (including phenoxy) is 3. The highest BCUT2D eigenvalue weighted by Gasteiger charge is 2.38. The van der Waals surface area contributed by atoms with Crippen molar-refractivity contribution in [2.24, 2.45) is 0 Å². The smallest absolute Gasteiger partial charge is 0.337 e. The topological polar surface area (TPSA) is 116 Å². The monoisotopic (exact) mass is 545 g/mol. The number of nitrogens with one attached hydrogen (secondary N) is 1. The lowest BCUT2D eigenvalue weighted by atomic mass is 10.1. The van der Waals surface area contributed by atoms with Gasteiger partial charge in [-0.25, -0.2) is 14.5 Å². The molecule has 1 aliphatic rings. The highest BCUT2D eigenvalue weighted by molar-refractivity contribution is 6.39. The number of imide groups is 2. The van der Waals surface area contributed by atoms with Gasteiger partial charge in [0.1, 0.15) is 17.1 Å². The number of anilines is 1. The van der Waals surface area contributed by atoms with Crippen molar-refractivity contribution in [3.05, 3.63) is 76.1 Å². The van der Waals surface area contributed by atoms with Gasteiger partial charge in [0.05, 0.1) is 31.6 Å². The van der Waals surface area contributed by atoms with Crippen LogP contribution in [0, 0.1) is 20.8 Å². The van der Waals surface area contributed by atoms with Crippen molar-refractivity contribution in [3.8, 4) is 17.2 Å². The zero-order valence-electron chi connectivity index (χ0n) is 23.3. The van der Waals surface area contributed by atoms with Crippen molar-refractivity contribution in [2.45, 2.75) is 34.6 Å². The van der Waals surface area contributed by atoms with E-state index in [1.54, 1.807) is 31.2 Å². The Bertz CT molecular complexity index is 1550. The van der Waals surface area contributed by atoms with Crippen LogP contribution >= 0.6 is 0 Å². The zero-order valence-corrected chi connectivity index (χ0v) is 23.3. The number of amides is 4. The number of carbonyl (C=O) groups excluding carboxylic acids is 4. The van der Waals surface area contributed by atoms with E-state index in [2.05, 4.69) is 5.32 Å². The van der Waals surface area contributed by atoms with Gasteiger partial charge in [0.25, 0.3) is 11.8 Å². The number of benzene rings is 2. The van der Waals surface area contributed by atoms with Crippen molar-refractivity contribution < 1.29 is 33.4 Å². The summed E-state index contributed by atoms with van der Waals surface area (Å²) >= 11 is 0. The summed E-state index contributed by atoms with van der Waals surface area (Å²) in [5.74, 6) is -1.27. The maximum Gasteiger partial charge on any atom is 0.337 e. The highest BCUT2D eigenvalue weighted by Crippen LogP contribution is 2.35. The number of hydrogen-bond donors (Lipinski definition) is 1. The van der Waals surface area contributed by atoms with Crippen LogP contribution in [-0.4, -0.2) is 48.7 Å². The van der Waals surface area contributed by atoms with Gasteiger partial charge in [-0.05, 0) is 88.2 Å². The first kappa shape index (κ1) is 28.2. The van der Waals surface area contributed by atoms with Gasteiger partial charge in [0, 0.05) is 23.1 Å². The van der Waals surface area contributed by atoms with Crippen LogP contribution in [0.5, 0.6) is 11.5 Å². The third-order valence-electron chi connectivity index (χ3n) is 6.51. The standard InChI is InChI=1S/C30H31N3O7/c1-7-39-22-10-12-26(40-8-2)25(16-22)33-28(35)23(27(34)31-30(33)37)15-21-14-18(4)32(19(21)5)24-11-9-20(13-17(24)3)29(36)38-6/h9-16H,7-8H2,1-6H3,(H,31,34,37)/b23-15+. The van der Waals surface area contributed by atoms with Gasteiger partial charge in [-0.15, -0.1) is 0 Å². The molecule has 4 amide bonds. The first-order valence-electron chi connectivity index (χ1n) is 12.8. The second kappa shape index (κ2) is 11.5. The Labute approximate surface area is 232 Å². The van der Waals surface area contributed by atoms with E-state index in [4.69, 9.17) is 14.2 Å². The Morgan fingerprint density at radius 2 is 1.65 bits per heavy atom. The molecule has 3 aromatic rings. The fourth-order valence-corrected chi connectivity index (χ4v) is 4.69. The molecular formula is C30H31N3O7. The van der Waals surface area contributed by atoms with Crippen LogP contribution in [0.3, 0.4) is 0 Å². The van der Waals surface area contributed by atoms with Crippen LogP contribution in [0.1, 0.15) is 46.7 Å². The molecule has 2 heterocycles. The predicted molar refractivity (Wildman–Crippen MR) is 149 cm³/mol. The van der Waals surface area contributed by atoms with E-state index in [1.165, 1.54) is 19.3 Å². The van der Waals surface area contributed by atoms with Crippen molar-refractivity contribution >= 4 is 35.6 Å². The maximum atomic E-state index is 13.7. The van der Waals surface area contributed by atoms with Crippen LogP contribution in [0.4, 0.5) is 10.5 Å². The van der Waals surface area contributed by atoms with E-state index in [0.29, 0.717) is 35.8 Å². The van der Waals surface area contributed by atoms with Crippen LogP contribution in [-0.2, 0) is 14.3 Å². The second-order valence-corrected chi connectivity index (χ2v) is 9.11. The van der Waals surface area contributed by atoms with Crippen molar-refractivity contribution in [1.82, 2.24) is 9.88 Å². The summed E-state index contributed by atoms with van der Waals surface area (Å²) in [4.78, 5) is 52.3. The molecule has 1 saturated heterocycles. The lowest BCUT2D eigenvalue weighted by molar-refractivity contribution is -0.122. The number of carbonyl (C=O) groups is 4. The molecule has 0 spiro atoms. The number of barbiturate groups is 1. The summed E-state index contributed by atoms with van der Waals surface area (Å²) in [7, 11) is 1.33. The van der Waals surface area contributed by atoms with Crippen LogP contribution in [0.25, 0.3) is 11.8 Å². The number of urea groups is 1. The highest BCUT2D eigenvalue weighted by atomic mass is 16.5. The van der Waals surface area contributed by atoms with Gasteiger partial charge in [0.2, 0.25) is 0 Å². The Morgan fingerprint density at radius 1 is 0.925 bits per heavy atom. The summed E-state index contributed by atoms with van der Waals surface area (Å²) in [6, 6.07) is 11.0. The number of nitrogens with zero attached hydrogens (tertiary/aromatic N) is 2. The number of aromatic nitrogens is 1. The maximum absolute atomic E-state index is 13.7. The first-order chi connectivity index (χ1) is 19.1. The lowest BCUT2D eigenvalue weighted by Gasteiger charge is -2.28. The molecule has 0 unspecified atom stereocenters. The summed E-state index contributed by atoms with van der Waals surface area (Å²) in [5.41, 5.74) is 4.29. The van der Waals surface area contributed by atoms with E-state index >= 15 is 0 Å². The van der Waals surface area contributed by atoms with Crippen LogP contribution in [0.15, 0.2) is 48.0 Å². The Balaban J connectivity index is 1.77. The number of methoxy groups -OCH3 is 1. The van der Waals surface area contributed by atoms with Crippen molar-refractivity contribution in [2.75, 3.05) is 25.2 Å². The Morgan fingerprint density at radius 3 is 2.30 bits per heavy atom. The molecule has 0 radical (unpaired) electrons. The van der Waals surface area contributed by atoms with Gasteiger partial charge in [0.15, 0.2) is 0 Å². The molecule has 2 aromatic carbocycles. The van der Waals surface area contributed by atoms with Crippen molar-refractivity contribution in [3.63, 3.8) is 0 Å². The minimum Gasteiger partial charge on any atom is -0.494 e. The second-order valence-electron chi connectivity index (χ2n) is 9.11. The molecule has 10 nitrogen and oxygen atoms in total. The van der Waals surface area contributed by atoms with Crippen LogP contribution < -0.4 is 19.7 Å². The molecule has 10 heteroatoms. The molecule has 1 fully saturated rings. The van der Waals surface area contributed by atoms with E-state index in [9.17, 15) is 19.2 Å². The van der Waals surface area contributed by atoms with E-state index in [-0.39, 0.29) is 11.3 Å². The molecule has 1 N–H and O–H groups in total. The SMILES string of the molecule is CCOc1ccc(OCC)c(N2C(=O)NC(=O)/C(=C\c3cc(C)n(-c4ccc(C(=O)OC)cc4C)c3C)C2=O)c1. The van der Waals surface area contributed by atoms with Gasteiger partial charge in [-0.2, -0.15) is 0 Å². The summed E-state index contributed by atoms with van der Waals surface area (Å²) in [6.45, 7) is 9.94. The number of esters is 1. The fraction of sp³-hybridized carbons (Fsp3) is 0.267. The third kappa shape index (κ3) is 5.20. The molecule has 0 aliphatic carbocycles. The van der Waals surface area contributed by atoms with Crippen molar-refractivity contribution in [1.29, 1.82) is 0 Å². The first-order valence-corrected chi connectivity index (χ1v) is 12.8. The molecule has 208 valence electrons. The van der Waals surface area contributed by atoms with Gasteiger partial charge >= 0.3 is 12.0 Å². The molecule has 4 rings (SSSR count). The molecular weight excluding hydrogens is 514 g/mol. The molecule has 1 aliphatic heterocycles. The molecule has 1 aromatic heterocycles. The summed E-state index contributed by atoms with van der Waals surface area (Å²) < 4.78 is 18.0. The quantitative estimate of drug-likeness (QED) is 0.249. The average Bonchev–Trinajstić information content (AvgIpc) is 3.19. The Hall–Kier alpha value is -4.86. The van der Waals surface area contributed by atoms with Gasteiger partial charge < -0.3 is 18.8 Å². The average molecular weight is 546 g/mol. The van der Waals surface area contributed by atoms with Gasteiger partial charge in [-0.1, -0.05) is 0 Å². The normalized spacial score (nSPS) is 14.4. The molecule has 0 bridgehead atoms. The molecule has 40 heavy (non-hydrogen) atoms. The predicted octanol–water partition coefficient (Wildman–Crippen LogP) is 4.65. The number of aryl methyl sites for hydroxylation is 2. The lowest BCUT2D eigenvalue weighted by Crippen LogP contribution is -2.54. The van der Waals surface area contributed by atoms with E-state index < -0.39 is 23.8 Å². The number of hydrogen-bond acceptors (Lipinski definition) is 7. The third-order valence-corrected chi connectivity index (χ3v) is 6.51. The summed E-state index contributed by atoms with van der Waals surface area (Å²) in [6.07, 6.45) is 1.47. The minimum atomic E-state index is -0.881. The molecule has 0 saturated carbocycles. The fourth-order valence-electron chi connectivity index (χ4n) is 4.69. The zero-order chi connectivity index (χ0) is 29.1. The largest absolute Gasteiger partial charge is 0.494 e. The minimum absolute atomic E-state index is 0.167.